The van der Waals surface area contributed by atoms with Crippen molar-refractivity contribution in [2.24, 2.45) is 0 Å². The molecule has 0 aliphatic carbocycles. The summed E-state index contributed by atoms with van der Waals surface area (Å²) in [6.07, 6.45) is 0.360. The number of carbonyl (C=O) groups is 2. The van der Waals surface area contributed by atoms with E-state index in [2.05, 4.69) is 10.6 Å². The van der Waals surface area contributed by atoms with Gasteiger partial charge in [0.25, 0.3) is 0 Å². The van der Waals surface area contributed by atoms with Gasteiger partial charge in [-0.1, -0.05) is 0 Å². The number of hydrogen-bond acceptors (Lipinski definition) is 4. The van der Waals surface area contributed by atoms with Crippen molar-refractivity contribution < 1.29 is 9.59 Å². The monoisotopic (exact) mass is 267 g/mol. The Morgan fingerprint density at radius 2 is 2.25 bits per heavy atom. The highest BCUT2D eigenvalue weighted by molar-refractivity contribution is 7.99. The number of rotatable bonds is 4. The zero-order valence-corrected chi connectivity index (χ0v) is 11.1. The number of nitrogens with one attached hydrogen (secondary N) is 2. The van der Waals surface area contributed by atoms with Crippen LogP contribution in [0.15, 0.2) is 0 Å². The van der Waals surface area contributed by atoms with E-state index >= 15 is 0 Å². The summed E-state index contributed by atoms with van der Waals surface area (Å²) in [4.78, 5) is 24.4. The van der Waals surface area contributed by atoms with Crippen LogP contribution in [-0.2, 0) is 9.59 Å². The summed E-state index contributed by atoms with van der Waals surface area (Å²) in [6.45, 7) is 0.474. The van der Waals surface area contributed by atoms with Crippen LogP contribution in [0.4, 0.5) is 0 Å². The molecule has 1 rings (SSSR count). The lowest BCUT2D eigenvalue weighted by molar-refractivity contribution is -0.131. The molecule has 5 nitrogen and oxygen atoms in total. The maximum atomic E-state index is 11.8. The van der Waals surface area contributed by atoms with Crippen molar-refractivity contribution >= 4 is 36.0 Å². The number of amides is 2. The van der Waals surface area contributed by atoms with Gasteiger partial charge in [0.1, 0.15) is 0 Å². The predicted octanol–water partition coefficient (Wildman–Crippen LogP) is -0.335. The number of nitrogens with zero attached hydrogens (tertiary/aromatic N) is 1. The first-order chi connectivity index (χ1) is 7.15. The summed E-state index contributed by atoms with van der Waals surface area (Å²) in [7, 11) is 3.33. The van der Waals surface area contributed by atoms with Crippen molar-refractivity contribution in [3.05, 3.63) is 0 Å². The second kappa shape index (κ2) is 7.76. The van der Waals surface area contributed by atoms with Crippen LogP contribution in [-0.4, -0.2) is 55.0 Å². The Morgan fingerprint density at radius 3 is 2.75 bits per heavy atom. The SMILES string of the molecule is CNC(=O)CCN(C)C(=O)[C@H]1CSCN1.Cl. The number of likely N-dealkylation sites (N-methyl/N-ethyl adjacent to an activating group) is 1. The number of hydrogen-bond donors (Lipinski definition) is 2. The normalized spacial score (nSPS) is 18.8. The van der Waals surface area contributed by atoms with E-state index in [1.165, 1.54) is 0 Å². The largest absolute Gasteiger partial charge is 0.359 e. The third-order valence-corrected chi connectivity index (χ3v) is 3.28. The highest BCUT2D eigenvalue weighted by Crippen LogP contribution is 2.11. The molecule has 0 spiro atoms. The second-order valence-electron chi connectivity index (χ2n) is 3.45. The number of carbonyl (C=O) groups excluding carboxylic acids is 2. The molecule has 1 heterocycles. The van der Waals surface area contributed by atoms with Gasteiger partial charge >= 0.3 is 0 Å². The van der Waals surface area contributed by atoms with Crippen molar-refractivity contribution in [3.63, 3.8) is 0 Å². The second-order valence-corrected chi connectivity index (χ2v) is 4.49. The molecule has 1 aliphatic heterocycles. The van der Waals surface area contributed by atoms with Gasteiger partial charge in [-0.25, -0.2) is 0 Å². The van der Waals surface area contributed by atoms with Gasteiger partial charge in [-0.15, -0.1) is 24.2 Å². The van der Waals surface area contributed by atoms with E-state index in [1.54, 1.807) is 30.8 Å². The molecule has 1 fully saturated rings. The summed E-state index contributed by atoms with van der Waals surface area (Å²) >= 11 is 1.72. The maximum absolute atomic E-state index is 11.8. The first-order valence-electron chi connectivity index (χ1n) is 4.92. The minimum Gasteiger partial charge on any atom is -0.359 e. The minimum absolute atomic E-state index is 0. The first-order valence-corrected chi connectivity index (χ1v) is 6.07. The van der Waals surface area contributed by atoms with Crippen molar-refractivity contribution in [2.75, 3.05) is 32.3 Å². The maximum Gasteiger partial charge on any atom is 0.240 e. The highest BCUT2D eigenvalue weighted by Gasteiger charge is 2.25. The molecule has 94 valence electrons. The van der Waals surface area contributed by atoms with E-state index in [4.69, 9.17) is 0 Å². The van der Waals surface area contributed by atoms with Gasteiger partial charge in [0.15, 0.2) is 0 Å². The van der Waals surface area contributed by atoms with Crippen molar-refractivity contribution in [2.45, 2.75) is 12.5 Å². The summed E-state index contributed by atoms with van der Waals surface area (Å²) in [6, 6.07) is -0.0790. The molecule has 0 unspecified atom stereocenters. The lowest BCUT2D eigenvalue weighted by atomic mass is 10.3. The fraction of sp³-hybridized carbons (Fsp3) is 0.778. The molecule has 1 saturated heterocycles. The third kappa shape index (κ3) is 4.59. The summed E-state index contributed by atoms with van der Waals surface area (Å²) < 4.78 is 0. The topological polar surface area (TPSA) is 61.4 Å². The van der Waals surface area contributed by atoms with Gasteiger partial charge in [0.05, 0.1) is 6.04 Å². The molecule has 0 aromatic heterocycles. The Balaban J connectivity index is 0.00000225. The van der Waals surface area contributed by atoms with Crippen LogP contribution in [0.1, 0.15) is 6.42 Å². The molecule has 2 N–H and O–H groups in total. The average molecular weight is 268 g/mol. The molecule has 0 bridgehead atoms. The van der Waals surface area contributed by atoms with Crippen LogP contribution in [0, 0.1) is 0 Å². The van der Waals surface area contributed by atoms with Gasteiger partial charge in [0.2, 0.25) is 11.8 Å². The lowest BCUT2D eigenvalue weighted by Crippen LogP contribution is -2.44. The van der Waals surface area contributed by atoms with Gasteiger partial charge in [-0.2, -0.15) is 0 Å². The van der Waals surface area contributed by atoms with E-state index in [-0.39, 0.29) is 30.3 Å². The minimum atomic E-state index is -0.0790. The third-order valence-electron chi connectivity index (χ3n) is 2.34. The number of halogens is 1. The standard InChI is InChI=1S/C9H17N3O2S.ClH/c1-10-8(13)3-4-12(2)9(14)7-5-15-6-11-7;/h7,11H,3-6H2,1-2H3,(H,10,13);1H/t7-;/m1./s1. The Morgan fingerprint density at radius 1 is 1.56 bits per heavy atom. The van der Waals surface area contributed by atoms with E-state index in [0.717, 1.165) is 11.6 Å². The van der Waals surface area contributed by atoms with Crippen LogP contribution < -0.4 is 10.6 Å². The summed E-state index contributed by atoms with van der Waals surface area (Å²) in [5, 5.41) is 5.64. The number of thioether (sulfide) groups is 1. The van der Waals surface area contributed by atoms with Crippen LogP contribution in [0.3, 0.4) is 0 Å². The van der Waals surface area contributed by atoms with Crippen LogP contribution in [0.2, 0.25) is 0 Å². The Labute approximate surface area is 106 Å². The molecule has 0 aromatic rings. The molecular weight excluding hydrogens is 250 g/mol. The van der Waals surface area contributed by atoms with Gasteiger partial charge in [-0.05, 0) is 0 Å². The van der Waals surface area contributed by atoms with Crippen molar-refractivity contribution in [3.8, 4) is 0 Å². The highest BCUT2D eigenvalue weighted by atomic mass is 35.5. The molecule has 1 aliphatic rings. The van der Waals surface area contributed by atoms with Crippen molar-refractivity contribution in [1.82, 2.24) is 15.5 Å². The molecule has 16 heavy (non-hydrogen) atoms. The predicted molar refractivity (Wildman–Crippen MR) is 67.8 cm³/mol. The molecule has 7 heteroatoms. The Bertz CT molecular complexity index is 247. The molecule has 0 saturated carbocycles. The Hall–Kier alpha value is -0.460. The van der Waals surface area contributed by atoms with E-state index in [0.29, 0.717) is 13.0 Å². The smallest absolute Gasteiger partial charge is 0.240 e. The first kappa shape index (κ1) is 15.5. The van der Waals surface area contributed by atoms with E-state index in [1.807, 2.05) is 0 Å². The molecule has 0 radical (unpaired) electrons. The van der Waals surface area contributed by atoms with Gasteiger partial charge in [0, 0.05) is 38.7 Å². The van der Waals surface area contributed by atoms with Crippen LogP contribution >= 0.6 is 24.2 Å². The summed E-state index contributed by atoms with van der Waals surface area (Å²) in [5.41, 5.74) is 0. The zero-order chi connectivity index (χ0) is 11.3. The van der Waals surface area contributed by atoms with Crippen molar-refractivity contribution in [1.29, 1.82) is 0 Å². The Kier molecular flexibility index (Phi) is 7.53. The van der Waals surface area contributed by atoms with Crippen LogP contribution in [0.5, 0.6) is 0 Å². The molecule has 2 amide bonds. The molecule has 0 aromatic carbocycles. The quantitative estimate of drug-likeness (QED) is 0.732. The lowest BCUT2D eigenvalue weighted by Gasteiger charge is -2.20. The van der Waals surface area contributed by atoms with Gasteiger partial charge in [-0.3, -0.25) is 14.9 Å². The van der Waals surface area contributed by atoms with E-state index in [9.17, 15) is 9.59 Å². The fourth-order valence-electron chi connectivity index (χ4n) is 1.32. The van der Waals surface area contributed by atoms with Crippen LogP contribution in [0.25, 0.3) is 0 Å². The molecular formula is C9H18ClN3O2S. The molecule has 1 atom stereocenters. The van der Waals surface area contributed by atoms with Gasteiger partial charge < -0.3 is 10.2 Å². The zero-order valence-electron chi connectivity index (χ0n) is 9.49. The van der Waals surface area contributed by atoms with E-state index < -0.39 is 0 Å². The fourth-order valence-corrected chi connectivity index (χ4v) is 2.26. The summed E-state index contributed by atoms with van der Waals surface area (Å²) in [5.74, 6) is 1.69. The average Bonchev–Trinajstić information content (AvgIpc) is 2.77.